The molecule has 7 nitrogen and oxygen atoms in total. The number of hydrazone groups is 1. The molecule has 0 atom stereocenters. The third kappa shape index (κ3) is 6.76. The molecule has 2 aromatic carbocycles. The standard InChI is InChI=1S/C26H26ClN5O2/c1-3-32(4-2)21-14-12-19(13-15-21)17-24(30-25(33)22-10-5-6-11-23(22)27)26(34)31-29-18-20-9-7-8-16-28-20/h5-18H,3-4H2,1-2H3,(H,30,33)(H,31,34)/b24-17+,29-18?. The summed E-state index contributed by atoms with van der Waals surface area (Å²) < 4.78 is 0. The highest BCUT2D eigenvalue weighted by Crippen LogP contribution is 2.18. The van der Waals surface area contributed by atoms with Gasteiger partial charge >= 0.3 is 0 Å². The monoisotopic (exact) mass is 475 g/mol. The van der Waals surface area contributed by atoms with Gasteiger partial charge in [0.15, 0.2) is 0 Å². The smallest absolute Gasteiger partial charge is 0.287 e. The second-order valence-electron chi connectivity index (χ2n) is 7.21. The normalized spacial score (nSPS) is 11.3. The Labute approximate surface area is 204 Å². The van der Waals surface area contributed by atoms with Gasteiger partial charge in [-0.05, 0) is 61.9 Å². The van der Waals surface area contributed by atoms with E-state index in [0.717, 1.165) is 24.3 Å². The molecular weight excluding hydrogens is 450 g/mol. The Hall–Kier alpha value is -3.97. The first-order valence-electron chi connectivity index (χ1n) is 10.9. The van der Waals surface area contributed by atoms with Crippen molar-refractivity contribution >= 4 is 41.4 Å². The van der Waals surface area contributed by atoms with Crippen LogP contribution < -0.4 is 15.6 Å². The van der Waals surface area contributed by atoms with Crippen LogP contribution in [0.15, 0.2) is 83.7 Å². The Morgan fingerprint density at radius 3 is 2.35 bits per heavy atom. The first kappa shape index (κ1) is 24.7. The number of rotatable bonds is 9. The highest BCUT2D eigenvalue weighted by molar-refractivity contribution is 6.34. The van der Waals surface area contributed by atoms with Crippen molar-refractivity contribution < 1.29 is 9.59 Å². The molecule has 2 amide bonds. The van der Waals surface area contributed by atoms with Crippen molar-refractivity contribution in [3.05, 3.63) is 100 Å². The molecular formula is C26H26ClN5O2. The number of carbonyl (C=O) groups is 2. The molecule has 8 heteroatoms. The molecule has 3 rings (SSSR count). The van der Waals surface area contributed by atoms with Gasteiger partial charge in [0.05, 0.1) is 22.5 Å². The van der Waals surface area contributed by atoms with E-state index in [9.17, 15) is 9.59 Å². The number of hydrogen-bond donors (Lipinski definition) is 2. The number of pyridine rings is 1. The van der Waals surface area contributed by atoms with Crippen LogP contribution in [0.2, 0.25) is 5.02 Å². The van der Waals surface area contributed by atoms with Gasteiger partial charge in [-0.25, -0.2) is 5.43 Å². The summed E-state index contributed by atoms with van der Waals surface area (Å²) in [5.74, 6) is -1.08. The molecule has 0 spiro atoms. The van der Waals surface area contributed by atoms with E-state index in [2.05, 4.69) is 39.6 Å². The van der Waals surface area contributed by atoms with E-state index in [0.29, 0.717) is 5.69 Å². The van der Waals surface area contributed by atoms with Crippen LogP contribution in [0, 0.1) is 0 Å². The first-order valence-corrected chi connectivity index (χ1v) is 11.3. The van der Waals surface area contributed by atoms with Crippen molar-refractivity contribution in [2.45, 2.75) is 13.8 Å². The van der Waals surface area contributed by atoms with E-state index >= 15 is 0 Å². The zero-order valence-electron chi connectivity index (χ0n) is 19.0. The molecule has 174 valence electrons. The van der Waals surface area contributed by atoms with Crippen LogP contribution in [0.3, 0.4) is 0 Å². The molecule has 0 fully saturated rings. The zero-order valence-corrected chi connectivity index (χ0v) is 19.8. The molecule has 0 aliphatic rings. The van der Waals surface area contributed by atoms with Crippen LogP contribution in [-0.2, 0) is 4.79 Å². The number of halogens is 1. The highest BCUT2D eigenvalue weighted by Gasteiger charge is 2.16. The lowest BCUT2D eigenvalue weighted by Crippen LogP contribution is -2.33. The van der Waals surface area contributed by atoms with Gasteiger partial charge in [-0.3, -0.25) is 14.6 Å². The quantitative estimate of drug-likeness (QED) is 0.271. The van der Waals surface area contributed by atoms with Crippen LogP contribution in [-0.4, -0.2) is 36.1 Å². The van der Waals surface area contributed by atoms with Gasteiger partial charge in [0, 0.05) is 25.0 Å². The van der Waals surface area contributed by atoms with Crippen LogP contribution in [0.5, 0.6) is 0 Å². The number of nitrogens with zero attached hydrogens (tertiary/aromatic N) is 3. The Morgan fingerprint density at radius 2 is 1.71 bits per heavy atom. The van der Waals surface area contributed by atoms with E-state index < -0.39 is 11.8 Å². The largest absolute Gasteiger partial charge is 0.372 e. The predicted octanol–water partition coefficient (Wildman–Crippen LogP) is 4.50. The minimum Gasteiger partial charge on any atom is -0.372 e. The number of anilines is 1. The summed E-state index contributed by atoms with van der Waals surface area (Å²) in [6.07, 6.45) is 4.64. The minimum absolute atomic E-state index is 0.0266. The van der Waals surface area contributed by atoms with Gasteiger partial charge in [-0.1, -0.05) is 41.9 Å². The molecule has 0 saturated carbocycles. The fourth-order valence-corrected chi connectivity index (χ4v) is 3.42. The van der Waals surface area contributed by atoms with E-state index in [-0.39, 0.29) is 16.3 Å². The molecule has 0 saturated heterocycles. The molecule has 2 N–H and O–H groups in total. The second-order valence-corrected chi connectivity index (χ2v) is 7.62. The van der Waals surface area contributed by atoms with Crippen molar-refractivity contribution in [1.82, 2.24) is 15.7 Å². The van der Waals surface area contributed by atoms with Gasteiger partial charge in [-0.2, -0.15) is 5.10 Å². The maximum atomic E-state index is 12.9. The van der Waals surface area contributed by atoms with Gasteiger partial charge < -0.3 is 10.2 Å². The summed E-state index contributed by atoms with van der Waals surface area (Å²) in [6, 6.07) is 19.7. The molecule has 0 aliphatic heterocycles. The number of nitrogens with one attached hydrogen (secondary N) is 2. The highest BCUT2D eigenvalue weighted by atomic mass is 35.5. The summed E-state index contributed by atoms with van der Waals surface area (Å²) in [6.45, 7) is 5.97. The van der Waals surface area contributed by atoms with Crippen LogP contribution in [0.25, 0.3) is 6.08 Å². The second kappa shape index (κ2) is 12.3. The fraction of sp³-hybridized carbons (Fsp3) is 0.154. The summed E-state index contributed by atoms with van der Waals surface area (Å²) >= 11 is 6.15. The van der Waals surface area contributed by atoms with Crippen molar-refractivity contribution in [3.63, 3.8) is 0 Å². The molecule has 0 unspecified atom stereocenters. The van der Waals surface area contributed by atoms with Crippen molar-refractivity contribution in [1.29, 1.82) is 0 Å². The lowest BCUT2D eigenvalue weighted by molar-refractivity contribution is -0.117. The molecule has 0 radical (unpaired) electrons. The zero-order chi connectivity index (χ0) is 24.3. The summed E-state index contributed by atoms with van der Waals surface area (Å²) in [5.41, 5.74) is 5.13. The Morgan fingerprint density at radius 1 is 1.00 bits per heavy atom. The molecule has 1 aromatic heterocycles. The lowest BCUT2D eigenvalue weighted by atomic mass is 10.1. The van der Waals surface area contributed by atoms with E-state index in [1.54, 1.807) is 48.7 Å². The first-order chi connectivity index (χ1) is 16.5. The third-order valence-corrected chi connectivity index (χ3v) is 5.32. The van der Waals surface area contributed by atoms with Crippen molar-refractivity contribution in [2.75, 3.05) is 18.0 Å². The van der Waals surface area contributed by atoms with Crippen LogP contribution in [0.4, 0.5) is 5.69 Å². The SMILES string of the molecule is CCN(CC)c1ccc(/C=C(/NC(=O)c2ccccc2Cl)C(=O)NN=Cc2ccccn2)cc1. The Kier molecular flexibility index (Phi) is 8.94. The summed E-state index contributed by atoms with van der Waals surface area (Å²) in [5, 5.41) is 6.89. The number of hydrogen-bond acceptors (Lipinski definition) is 5. The molecule has 0 bridgehead atoms. The van der Waals surface area contributed by atoms with E-state index in [1.807, 2.05) is 30.3 Å². The average molecular weight is 476 g/mol. The fourth-order valence-electron chi connectivity index (χ4n) is 3.20. The molecule has 0 aliphatic carbocycles. The van der Waals surface area contributed by atoms with Crippen LogP contribution >= 0.6 is 11.6 Å². The lowest BCUT2D eigenvalue weighted by Gasteiger charge is -2.21. The number of amides is 2. The number of carbonyl (C=O) groups excluding carboxylic acids is 2. The van der Waals surface area contributed by atoms with Gasteiger partial charge in [0.25, 0.3) is 11.8 Å². The predicted molar refractivity (Wildman–Crippen MR) is 137 cm³/mol. The van der Waals surface area contributed by atoms with E-state index in [4.69, 9.17) is 11.6 Å². The molecule has 3 aromatic rings. The Bertz CT molecular complexity index is 1170. The molecule has 1 heterocycles. The minimum atomic E-state index is -0.583. The van der Waals surface area contributed by atoms with Gasteiger partial charge in [0.2, 0.25) is 0 Å². The average Bonchev–Trinajstić information content (AvgIpc) is 2.86. The van der Waals surface area contributed by atoms with Gasteiger partial charge in [-0.15, -0.1) is 0 Å². The maximum Gasteiger partial charge on any atom is 0.287 e. The van der Waals surface area contributed by atoms with E-state index in [1.165, 1.54) is 6.21 Å². The van der Waals surface area contributed by atoms with Crippen molar-refractivity contribution in [2.24, 2.45) is 5.10 Å². The topological polar surface area (TPSA) is 86.7 Å². The molecule has 34 heavy (non-hydrogen) atoms. The summed E-state index contributed by atoms with van der Waals surface area (Å²) in [7, 11) is 0. The maximum absolute atomic E-state index is 12.9. The number of benzene rings is 2. The van der Waals surface area contributed by atoms with Gasteiger partial charge in [0.1, 0.15) is 5.70 Å². The number of aromatic nitrogens is 1. The summed E-state index contributed by atoms with van der Waals surface area (Å²) in [4.78, 5) is 32.0. The van der Waals surface area contributed by atoms with Crippen LogP contribution in [0.1, 0.15) is 35.5 Å². The van der Waals surface area contributed by atoms with Crippen molar-refractivity contribution in [3.8, 4) is 0 Å². The third-order valence-electron chi connectivity index (χ3n) is 4.99. The Balaban J connectivity index is 1.84.